The minimum absolute atomic E-state index is 0.765. The van der Waals surface area contributed by atoms with E-state index in [1.807, 2.05) is 6.26 Å². The van der Waals surface area contributed by atoms with E-state index in [9.17, 15) is 0 Å². The summed E-state index contributed by atoms with van der Waals surface area (Å²) < 4.78 is 5.63. The van der Waals surface area contributed by atoms with Crippen molar-refractivity contribution in [1.82, 2.24) is 15.1 Å². The second kappa shape index (κ2) is 8.57. The molecule has 0 spiro atoms. The molecule has 21 heavy (non-hydrogen) atoms. The molecule has 1 aromatic heterocycles. The van der Waals surface area contributed by atoms with Crippen molar-refractivity contribution in [3.8, 4) is 0 Å². The Morgan fingerprint density at radius 2 is 1.90 bits per heavy atom. The third kappa shape index (κ3) is 5.46. The lowest BCUT2D eigenvalue weighted by atomic mass is 10.1. The Labute approximate surface area is 129 Å². The standard InChI is InChI=1S/C17H31N3O/c1-4-6-18-12-17-16(5-11-21-17)14-20-9-7-19(8-10-20)13-15(2)3/h5,11,15,18H,4,6-10,12-14H2,1-3H3. The third-order valence-corrected chi connectivity index (χ3v) is 4.03. The number of hydrogen-bond donors (Lipinski definition) is 1. The molecule has 0 amide bonds. The van der Waals surface area contributed by atoms with Gasteiger partial charge in [-0.3, -0.25) is 4.90 Å². The molecule has 4 nitrogen and oxygen atoms in total. The van der Waals surface area contributed by atoms with Gasteiger partial charge < -0.3 is 14.6 Å². The molecule has 1 saturated heterocycles. The largest absolute Gasteiger partial charge is 0.468 e. The van der Waals surface area contributed by atoms with Crippen LogP contribution < -0.4 is 5.32 Å². The van der Waals surface area contributed by atoms with Gasteiger partial charge in [0.25, 0.3) is 0 Å². The van der Waals surface area contributed by atoms with E-state index in [1.54, 1.807) is 0 Å². The average molecular weight is 293 g/mol. The first-order valence-electron chi connectivity index (χ1n) is 8.39. The SMILES string of the molecule is CCCNCc1occc1CN1CCN(CC(C)C)CC1. The topological polar surface area (TPSA) is 31.7 Å². The van der Waals surface area contributed by atoms with Gasteiger partial charge in [-0.2, -0.15) is 0 Å². The monoisotopic (exact) mass is 293 g/mol. The molecular formula is C17H31N3O. The Balaban J connectivity index is 1.77. The molecule has 120 valence electrons. The van der Waals surface area contributed by atoms with Crippen LogP contribution >= 0.6 is 0 Å². The van der Waals surface area contributed by atoms with E-state index in [-0.39, 0.29) is 0 Å². The first kappa shape index (κ1) is 16.5. The van der Waals surface area contributed by atoms with Gasteiger partial charge in [-0.05, 0) is 24.9 Å². The van der Waals surface area contributed by atoms with Crippen molar-refractivity contribution in [3.63, 3.8) is 0 Å². The van der Waals surface area contributed by atoms with E-state index < -0.39 is 0 Å². The molecule has 0 bridgehead atoms. The number of piperazine rings is 1. The zero-order chi connectivity index (χ0) is 15.1. The first-order valence-corrected chi connectivity index (χ1v) is 8.39. The van der Waals surface area contributed by atoms with E-state index in [4.69, 9.17) is 4.42 Å². The summed E-state index contributed by atoms with van der Waals surface area (Å²) in [5.41, 5.74) is 1.34. The number of furan rings is 1. The maximum atomic E-state index is 5.63. The van der Waals surface area contributed by atoms with Crippen LogP contribution in [0.1, 0.15) is 38.5 Å². The molecule has 0 atom stereocenters. The molecule has 0 saturated carbocycles. The fourth-order valence-corrected chi connectivity index (χ4v) is 2.93. The van der Waals surface area contributed by atoms with Crippen LogP contribution in [0.2, 0.25) is 0 Å². The van der Waals surface area contributed by atoms with Crippen molar-refractivity contribution in [2.24, 2.45) is 5.92 Å². The van der Waals surface area contributed by atoms with Crippen LogP contribution in [0, 0.1) is 5.92 Å². The maximum absolute atomic E-state index is 5.63. The molecule has 1 aromatic rings. The van der Waals surface area contributed by atoms with Crippen molar-refractivity contribution in [1.29, 1.82) is 0 Å². The number of nitrogens with one attached hydrogen (secondary N) is 1. The lowest BCUT2D eigenvalue weighted by Gasteiger charge is -2.35. The molecule has 1 aliphatic rings. The van der Waals surface area contributed by atoms with E-state index >= 15 is 0 Å². The fourth-order valence-electron chi connectivity index (χ4n) is 2.93. The number of hydrogen-bond acceptors (Lipinski definition) is 4. The summed E-state index contributed by atoms with van der Waals surface area (Å²) in [4.78, 5) is 5.13. The van der Waals surface area contributed by atoms with Gasteiger partial charge >= 0.3 is 0 Å². The second-order valence-electron chi connectivity index (χ2n) is 6.52. The highest BCUT2D eigenvalue weighted by Crippen LogP contribution is 2.15. The summed E-state index contributed by atoms with van der Waals surface area (Å²) in [6.07, 6.45) is 2.99. The van der Waals surface area contributed by atoms with Crippen LogP contribution in [0.5, 0.6) is 0 Å². The predicted molar refractivity (Wildman–Crippen MR) is 87.3 cm³/mol. The third-order valence-electron chi connectivity index (χ3n) is 4.03. The molecule has 0 aliphatic carbocycles. The van der Waals surface area contributed by atoms with Crippen LogP contribution in [0.25, 0.3) is 0 Å². The van der Waals surface area contributed by atoms with Crippen molar-refractivity contribution < 1.29 is 4.42 Å². The first-order chi connectivity index (χ1) is 10.2. The van der Waals surface area contributed by atoms with Gasteiger partial charge in [-0.15, -0.1) is 0 Å². The molecule has 1 N–H and O–H groups in total. The summed E-state index contributed by atoms with van der Waals surface area (Å²) in [5, 5.41) is 3.42. The summed E-state index contributed by atoms with van der Waals surface area (Å²) in [6.45, 7) is 15.7. The smallest absolute Gasteiger partial charge is 0.122 e. The molecule has 4 heteroatoms. The van der Waals surface area contributed by atoms with E-state index in [2.05, 4.69) is 42.0 Å². The fraction of sp³-hybridized carbons (Fsp3) is 0.765. The van der Waals surface area contributed by atoms with Gasteiger partial charge in [-0.25, -0.2) is 0 Å². The highest BCUT2D eigenvalue weighted by Gasteiger charge is 2.19. The molecular weight excluding hydrogens is 262 g/mol. The molecule has 0 radical (unpaired) electrons. The molecule has 1 fully saturated rings. The summed E-state index contributed by atoms with van der Waals surface area (Å²) in [7, 11) is 0. The minimum Gasteiger partial charge on any atom is -0.468 e. The van der Waals surface area contributed by atoms with Crippen molar-refractivity contribution >= 4 is 0 Å². The van der Waals surface area contributed by atoms with Crippen LogP contribution in [0.3, 0.4) is 0 Å². The maximum Gasteiger partial charge on any atom is 0.122 e. The highest BCUT2D eigenvalue weighted by atomic mass is 16.3. The normalized spacial score (nSPS) is 17.7. The Bertz CT molecular complexity index is 394. The van der Waals surface area contributed by atoms with Gasteiger partial charge in [-0.1, -0.05) is 20.8 Å². The van der Waals surface area contributed by atoms with E-state index in [0.29, 0.717) is 0 Å². The van der Waals surface area contributed by atoms with Gasteiger partial charge in [0.1, 0.15) is 5.76 Å². The zero-order valence-electron chi connectivity index (χ0n) is 13.9. The van der Waals surface area contributed by atoms with Crippen LogP contribution in [0.4, 0.5) is 0 Å². The van der Waals surface area contributed by atoms with E-state index in [1.165, 1.54) is 38.3 Å². The van der Waals surface area contributed by atoms with Crippen LogP contribution in [0.15, 0.2) is 16.7 Å². The summed E-state index contributed by atoms with van der Waals surface area (Å²) in [5.74, 6) is 1.87. The number of nitrogens with zero attached hydrogens (tertiary/aromatic N) is 2. The Hall–Kier alpha value is -0.840. The summed E-state index contributed by atoms with van der Waals surface area (Å²) >= 11 is 0. The predicted octanol–water partition coefficient (Wildman–Crippen LogP) is 2.55. The minimum atomic E-state index is 0.765. The quantitative estimate of drug-likeness (QED) is 0.747. The lowest BCUT2D eigenvalue weighted by Crippen LogP contribution is -2.46. The van der Waals surface area contributed by atoms with Crippen molar-refractivity contribution in [3.05, 3.63) is 23.7 Å². The molecule has 2 heterocycles. The van der Waals surface area contributed by atoms with Crippen LogP contribution in [-0.2, 0) is 13.1 Å². The molecule has 0 aromatic carbocycles. The molecule has 2 rings (SSSR count). The Morgan fingerprint density at radius 1 is 1.19 bits per heavy atom. The molecule has 1 aliphatic heterocycles. The zero-order valence-corrected chi connectivity index (χ0v) is 13.9. The Kier molecular flexibility index (Phi) is 6.74. The Morgan fingerprint density at radius 3 is 2.57 bits per heavy atom. The van der Waals surface area contributed by atoms with Crippen molar-refractivity contribution in [2.45, 2.75) is 40.3 Å². The van der Waals surface area contributed by atoms with Gasteiger partial charge in [0.2, 0.25) is 0 Å². The van der Waals surface area contributed by atoms with Crippen LogP contribution in [-0.4, -0.2) is 49.1 Å². The highest BCUT2D eigenvalue weighted by molar-refractivity contribution is 5.17. The lowest BCUT2D eigenvalue weighted by molar-refractivity contribution is 0.117. The number of rotatable bonds is 8. The second-order valence-corrected chi connectivity index (χ2v) is 6.52. The van der Waals surface area contributed by atoms with Crippen molar-refractivity contribution in [2.75, 3.05) is 39.3 Å². The summed E-state index contributed by atoms with van der Waals surface area (Å²) in [6, 6.07) is 2.13. The van der Waals surface area contributed by atoms with E-state index in [0.717, 1.165) is 37.7 Å². The average Bonchev–Trinajstić information content (AvgIpc) is 2.88. The van der Waals surface area contributed by atoms with Gasteiger partial charge in [0, 0.05) is 44.8 Å². The van der Waals surface area contributed by atoms with Gasteiger partial charge in [0.15, 0.2) is 0 Å². The molecule has 0 unspecified atom stereocenters. The van der Waals surface area contributed by atoms with Gasteiger partial charge in [0.05, 0.1) is 12.8 Å².